The van der Waals surface area contributed by atoms with E-state index in [-0.39, 0.29) is 34.5 Å². The van der Waals surface area contributed by atoms with Crippen molar-refractivity contribution in [3.8, 4) is 11.5 Å². The fraction of sp³-hybridized carbons (Fsp3) is 0.471. The summed E-state index contributed by atoms with van der Waals surface area (Å²) in [5.74, 6) is 0.0690. The van der Waals surface area contributed by atoms with Gasteiger partial charge in [0.1, 0.15) is 11.5 Å². The Balaban J connectivity index is 1.57. The van der Waals surface area contributed by atoms with Crippen molar-refractivity contribution >= 4 is 28.3 Å². The minimum Gasteiger partial charge on any atom is -0.506 e. The molecular weight excluding hydrogens is 516 g/mol. The van der Waals surface area contributed by atoms with Gasteiger partial charge >= 0.3 is 5.97 Å². The molecule has 0 unspecified atom stereocenters. The lowest BCUT2D eigenvalue weighted by Gasteiger charge is -2.30. The number of carbonyl (C=O) groups is 2. The average molecular weight is 563 g/mol. The zero-order valence-corrected chi connectivity index (χ0v) is 25.6. The Hall–Kier alpha value is -3.74. The summed E-state index contributed by atoms with van der Waals surface area (Å²) in [5.41, 5.74) is 6.03. The highest BCUT2D eigenvalue weighted by atomic mass is 16.7. The number of anilines is 1. The van der Waals surface area contributed by atoms with Crippen molar-refractivity contribution in [2.45, 2.75) is 91.4 Å². The van der Waals surface area contributed by atoms with Crippen LogP contribution in [-0.2, 0) is 20.5 Å². The standard InChI is InChI=1S/C34H46N2O5/c1-8-30(37)41-36-28-15-13-14-25-24(28)17-18-26(31(25)38)32(39)35-20-11-12-21-40-29-19-16-23(33(4,5)9-2)22-27(29)34(6,7)10-3/h13-19,22,36,38H,8-12,20-21H2,1-7H3,(H,35,39). The van der Waals surface area contributed by atoms with Crippen LogP contribution in [-0.4, -0.2) is 30.1 Å². The maximum absolute atomic E-state index is 12.8. The monoisotopic (exact) mass is 562 g/mol. The summed E-state index contributed by atoms with van der Waals surface area (Å²) in [6, 6.07) is 15.1. The molecule has 3 N–H and O–H groups in total. The van der Waals surface area contributed by atoms with Gasteiger partial charge in [-0.15, -0.1) is 0 Å². The van der Waals surface area contributed by atoms with E-state index in [0.717, 1.165) is 31.4 Å². The number of hydrogen-bond donors (Lipinski definition) is 3. The molecule has 3 rings (SSSR count). The van der Waals surface area contributed by atoms with Crippen LogP contribution in [0.3, 0.4) is 0 Å². The van der Waals surface area contributed by atoms with Gasteiger partial charge in [-0.05, 0) is 60.3 Å². The lowest BCUT2D eigenvalue weighted by molar-refractivity contribution is -0.140. The van der Waals surface area contributed by atoms with Crippen molar-refractivity contribution in [1.82, 2.24) is 5.32 Å². The minimum atomic E-state index is -0.396. The molecule has 0 aliphatic heterocycles. The molecule has 7 heteroatoms. The summed E-state index contributed by atoms with van der Waals surface area (Å²) < 4.78 is 6.25. The van der Waals surface area contributed by atoms with E-state index in [4.69, 9.17) is 9.57 Å². The normalized spacial score (nSPS) is 11.8. The summed E-state index contributed by atoms with van der Waals surface area (Å²) >= 11 is 0. The number of nitrogens with one attached hydrogen (secondary N) is 2. The number of benzene rings is 3. The maximum Gasteiger partial charge on any atom is 0.331 e. The van der Waals surface area contributed by atoms with E-state index in [2.05, 4.69) is 70.5 Å². The molecule has 7 nitrogen and oxygen atoms in total. The Bertz CT molecular complexity index is 1360. The summed E-state index contributed by atoms with van der Waals surface area (Å²) in [6.07, 6.45) is 3.84. The first-order valence-corrected chi connectivity index (χ1v) is 14.7. The van der Waals surface area contributed by atoms with Gasteiger partial charge in [0, 0.05) is 29.3 Å². The molecule has 1 amide bonds. The molecule has 41 heavy (non-hydrogen) atoms. The number of hydrogen-bond acceptors (Lipinski definition) is 6. The van der Waals surface area contributed by atoms with Gasteiger partial charge in [0.15, 0.2) is 0 Å². The molecule has 0 radical (unpaired) electrons. The molecule has 3 aromatic carbocycles. The maximum atomic E-state index is 12.8. The third-order valence-electron chi connectivity index (χ3n) is 8.21. The SMILES string of the molecule is CCC(=O)ONc1cccc2c(O)c(C(=O)NCCCCOc3ccc(C(C)(C)CC)cc3C(C)(C)CC)ccc12. The van der Waals surface area contributed by atoms with Crippen LogP contribution in [0.25, 0.3) is 10.8 Å². The van der Waals surface area contributed by atoms with Gasteiger partial charge in [-0.3, -0.25) is 4.79 Å². The molecular formula is C34H46N2O5. The van der Waals surface area contributed by atoms with Crippen molar-refractivity contribution in [3.05, 3.63) is 65.2 Å². The van der Waals surface area contributed by atoms with Gasteiger partial charge in [0.05, 0.1) is 17.9 Å². The Morgan fingerprint density at radius 2 is 1.61 bits per heavy atom. The van der Waals surface area contributed by atoms with Crippen LogP contribution in [0.15, 0.2) is 48.5 Å². The Kier molecular flexibility index (Phi) is 10.7. The van der Waals surface area contributed by atoms with E-state index in [0.29, 0.717) is 29.6 Å². The summed E-state index contributed by atoms with van der Waals surface area (Å²) in [5, 5.41) is 14.8. The first-order valence-electron chi connectivity index (χ1n) is 14.7. The van der Waals surface area contributed by atoms with Gasteiger partial charge in [0.25, 0.3) is 5.91 Å². The van der Waals surface area contributed by atoms with Crippen LogP contribution < -0.4 is 15.5 Å². The number of carbonyl (C=O) groups excluding carboxylic acids is 2. The van der Waals surface area contributed by atoms with Crippen LogP contribution >= 0.6 is 0 Å². The van der Waals surface area contributed by atoms with Crippen LogP contribution in [0, 0.1) is 0 Å². The third kappa shape index (κ3) is 7.72. The first-order chi connectivity index (χ1) is 19.4. The predicted molar refractivity (Wildman–Crippen MR) is 166 cm³/mol. The van der Waals surface area contributed by atoms with E-state index < -0.39 is 5.97 Å². The predicted octanol–water partition coefficient (Wildman–Crippen LogP) is 7.79. The van der Waals surface area contributed by atoms with Crippen molar-refractivity contribution in [2.75, 3.05) is 18.6 Å². The van der Waals surface area contributed by atoms with Gasteiger partial charge < -0.3 is 20.0 Å². The molecule has 3 aromatic rings. The third-order valence-corrected chi connectivity index (χ3v) is 8.21. The van der Waals surface area contributed by atoms with Gasteiger partial charge in [-0.1, -0.05) is 78.8 Å². The molecule has 0 aliphatic carbocycles. The fourth-order valence-corrected chi connectivity index (χ4v) is 4.50. The number of phenols is 1. The largest absolute Gasteiger partial charge is 0.506 e. The van der Waals surface area contributed by atoms with Crippen molar-refractivity contribution in [1.29, 1.82) is 0 Å². The highest BCUT2D eigenvalue weighted by molar-refractivity contribution is 6.06. The van der Waals surface area contributed by atoms with Crippen LogP contribution in [0.2, 0.25) is 0 Å². The highest BCUT2D eigenvalue weighted by Crippen LogP contribution is 2.38. The molecule has 0 fully saturated rings. The van der Waals surface area contributed by atoms with Gasteiger partial charge in [0.2, 0.25) is 0 Å². The van der Waals surface area contributed by atoms with Crippen molar-refractivity contribution in [3.63, 3.8) is 0 Å². The Morgan fingerprint density at radius 1 is 0.878 bits per heavy atom. The van der Waals surface area contributed by atoms with Gasteiger partial charge in [-0.2, -0.15) is 0 Å². The second-order valence-electron chi connectivity index (χ2n) is 11.8. The smallest absolute Gasteiger partial charge is 0.331 e. The van der Waals surface area contributed by atoms with E-state index >= 15 is 0 Å². The number of unbranched alkanes of at least 4 members (excludes halogenated alkanes) is 1. The zero-order chi connectivity index (χ0) is 30.2. The fourth-order valence-electron chi connectivity index (χ4n) is 4.50. The Labute approximate surface area is 244 Å². The number of fused-ring (bicyclic) bond motifs is 1. The van der Waals surface area contributed by atoms with Crippen molar-refractivity contribution in [2.24, 2.45) is 0 Å². The van der Waals surface area contributed by atoms with Crippen molar-refractivity contribution < 1.29 is 24.3 Å². The number of aromatic hydroxyl groups is 1. The minimum absolute atomic E-state index is 0.00177. The van der Waals surface area contributed by atoms with E-state index in [9.17, 15) is 14.7 Å². The Morgan fingerprint density at radius 3 is 2.29 bits per heavy atom. The highest BCUT2D eigenvalue weighted by Gasteiger charge is 2.26. The lowest BCUT2D eigenvalue weighted by atomic mass is 9.76. The first kappa shape index (κ1) is 31.8. The summed E-state index contributed by atoms with van der Waals surface area (Å²) in [7, 11) is 0. The molecule has 0 saturated carbocycles. The van der Waals surface area contributed by atoms with E-state index in [1.165, 1.54) is 11.1 Å². The molecule has 0 heterocycles. The second kappa shape index (κ2) is 13.7. The van der Waals surface area contributed by atoms with Crippen LogP contribution in [0.1, 0.15) is 102 Å². The molecule has 0 aromatic heterocycles. The second-order valence-corrected chi connectivity index (χ2v) is 11.8. The number of rotatable bonds is 14. The quantitative estimate of drug-likeness (QED) is 0.137. The molecule has 0 bridgehead atoms. The molecule has 0 spiro atoms. The summed E-state index contributed by atoms with van der Waals surface area (Å²) in [4.78, 5) is 29.3. The van der Waals surface area contributed by atoms with E-state index in [1.54, 1.807) is 37.3 Å². The number of amides is 1. The van der Waals surface area contributed by atoms with Gasteiger partial charge in [-0.25, -0.2) is 10.3 Å². The van der Waals surface area contributed by atoms with Crippen LogP contribution in [0.4, 0.5) is 5.69 Å². The molecule has 0 aliphatic rings. The van der Waals surface area contributed by atoms with E-state index in [1.807, 2.05) is 0 Å². The topological polar surface area (TPSA) is 96.9 Å². The summed E-state index contributed by atoms with van der Waals surface area (Å²) in [6.45, 7) is 16.2. The average Bonchev–Trinajstić information content (AvgIpc) is 2.97. The number of ether oxygens (including phenoxy) is 1. The molecule has 0 saturated heterocycles. The van der Waals surface area contributed by atoms with Crippen LogP contribution in [0.5, 0.6) is 11.5 Å². The lowest BCUT2D eigenvalue weighted by Crippen LogP contribution is -2.25. The number of phenolic OH excluding ortho intramolecular Hbond substituents is 1. The zero-order valence-electron chi connectivity index (χ0n) is 25.6. The molecule has 222 valence electrons. The molecule has 0 atom stereocenters.